The number of benzene rings is 2. The third-order valence-electron chi connectivity index (χ3n) is 5.22. The summed E-state index contributed by atoms with van der Waals surface area (Å²) >= 11 is 0. The van der Waals surface area contributed by atoms with E-state index in [1.54, 1.807) is 41.3 Å². The average molecular weight is 425 g/mol. The number of ether oxygens (including phenoxy) is 1. The van der Waals surface area contributed by atoms with Gasteiger partial charge in [0.1, 0.15) is 0 Å². The van der Waals surface area contributed by atoms with Crippen LogP contribution in [0.2, 0.25) is 0 Å². The second-order valence-corrected chi connectivity index (χ2v) is 8.52. The van der Waals surface area contributed by atoms with Crippen molar-refractivity contribution >= 4 is 17.5 Å². The van der Waals surface area contributed by atoms with Gasteiger partial charge in [0, 0.05) is 42.4 Å². The Hall–Kier alpha value is -3.26. The maximum atomic E-state index is 12.5. The van der Waals surface area contributed by atoms with Crippen molar-refractivity contribution in [3.8, 4) is 0 Å². The van der Waals surface area contributed by atoms with E-state index in [0.717, 1.165) is 5.56 Å². The standard InChI is InChI=1S/C23H27N3O5/c1-23(2,3)19-9-8-18(14-20(19)26(29)30)21(27)24-15-16-4-6-17(7-5-16)22(28)25-10-12-31-13-11-25/h4-9,14H,10-13,15H2,1-3H3,(H,24,27). The minimum atomic E-state index is -0.457. The maximum Gasteiger partial charge on any atom is 0.273 e. The largest absolute Gasteiger partial charge is 0.378 e. The molecule has 31 heavy (non-hydrogen) atoms. The Kier molecular flexibility index (Phi) is 6.70. The molecule has 2 aromatic rings. The third kappa shape index (κ3) is 5.46. The van der Waals surface area contributed by atoms with E-state index in [1.165, 1.54) is 6.07 Å². The monoisotopic (exact) mass is 425 g/mol. The van der Waals surface area contributed by atoms with Crippen LogP contribution in [0.1, 0.15) is 52.6 Å². The van der Waals surface area contributed by atoms with Crippen LogP contribution in [0, 0.1) is 10.1 Å². The normalized spacial score (nSPS) is 14.2. The average Bonchev–Trinajstić information content (AvgIpc) is 2.76. The molecule has 1 saturated heterocycles. The van der Waals surface area contributed by atoms with Crippen molar-refractivity contribution in [1.29, 1.82) is 0 Å². The van der Waals surface area contributed by atoms with Crippen LogP contribution in [0.4, 0.5) is 5.69 Å². The van der Waals surface area contributed by atoms with Gasteiger partial charge in [0.25, 0.3) is 17.5 Å². The molecular formula is C23H27N3O5. The Morgan fingerprint density at radius 1 is 1.06 bits per heavy atom. The fourth-order valence-electron chi connectivity index (χ4n) is 3.46. The highest BCUT2D eigenvalue weighted by Gasteiger charge is 2.26. The van der Waals surface area contributed by atoms with Crippen molar-refractivity contribution in [3.63, 3.8) is 0 Å². The molecule has 8 nitrogen and oxygen atoms in total. The molecule has 0 saturated carbocycles. The zero-order chi connectivity index (χ0) is 22.6. The number of nitro groups is 1. The summed E-state index contributed by atoms with van der Waals surface area (Å²) in [4.78, 5) is 37.8. The molecule has 1 fully saturated rings. The van der Waals surface area contributed by atoms with E-state index in [1.807, 2.05) is 20.8 Å². The highest BCUT2D eigenvalue weighted by Crippen LogP contribution is 2.31. The molecule has 0 atom stereocenters. The van der Waals surface area contributed by atoms with E-state index in [0.29, 0.717) is 37.4 Å². The lowest BCUT2D eigenvalue weighted by atomic mass is 9.85. The van der Waals surface area contributed by atoms with E-state index in [9.17, 15) is 19.7 Å². The van der Waals surface area contributed by atoms with Crippen molar-refractivity contribution in [1.82, 2.24) is 10.2 Å². The molecule has 164 valence electrons. The Balaban J connectivity index is 1.65. The van der Waals surface area contributed by atoms with E-state index in [2.05, 4.69) is 5.32 Å². The first kappa shape index (κ1) is 22.4. The summed E-state index contributed by atoms with van der Waals surface area (Å²) in [5, 5.41) is 14.2. The van der Waals surface area contributed by atoms with E-state index >= 15 is 0 Å². The molecule has 0 aromatic heterocycles. The van der Waals surface area contributed by atoms with Gasteiger partial charge in [-0.1, -0.05) is 39.0 Å². The van der Waals surface area contributed by atoms with Crippen LogP contribution in [0.25, 0.3) is 0 Å². The predicted molar refractivity (Wildman–Crippen MR) is 116 cm³/mol. The van der Waals surface area contributed by atoms with Crippen LogP contribution in [0.3, 0.4) is 0 Å². The summed E-state index contributed by atoms with van der Waals surface area (Å²) in [6, 6.07) is 11.6. The van der Waals surface area contributed by atoms with Gasteiger partial charge in [-0.25, -0.2) is 0 Å². The Morgan fingerprint density at radius 2 is 1.68 bits per heavy atom. The summed E-state index contributed by atoms with van der Waals surface area (Å²) in [6.45, 7) is 8.18. The van der Waals surface area contributed by atoms with Gasteiger partial charge in [-0.05, 0) is 29.2 Å². The second kappa shape index (κ2) is 9.26. The van der Waals surface area contributed by atoms with Gasteiger partial charge in [0.15, 0.2) is 0 Å². The number of nitrogens with one attached hydrogen (secondary N) is 1. The Morgan fingerprint density at radius 3 is 2.26 bits per heavy atom. The lowest BCUT2D eigenvalue weighted by Crippen LogP contribution is -2.40. The van der Waals surface area contributed by atoms with Crippen LogP contribution in [-0.2, 0) is 16.7 Å². The van der Waals surface area contributed by atoms with Crippen LogP contribution in [0.15, 0.2) is 42.5 Å². The smallest absolute Gasteiger partial charge is 0.273 e. The van der Waals surface area contributed by atoms with E-state index < -0.39 is 16.2 Å². The molecule has 1 N–H and O–H groups in total. The number of morpholine rings is 1. The molecule has 0 unspecified atom stereocenters. The number of amides is 2. The highest BCUT2D eigenvalue weighted by molar-refractivity contribution is 5.95. The van der Waals surface area contributed by atoms with E-state index in [4.69, 9.17) is 4.74 Å². The zero-order valence-electron chi connectivity index (χ0n) is 18.0. The van der Waals surface area contributed by atoms with Crippen LogP contribution >= 0.6 is 0 Å². The number of carbonyl (C=O) groups excluding carboxylic acids is 2. The number of nitrogens with zero attached hydrogens (tertiary/aromatic N) is 2. The molecule has 3 rings (SSSR count). The van der Waals surface area contributed by atoms with Crippen LogP contribution in [0.5, 0.6) is 0 Å². The van der Waals surface area contributed by atoms with Gasteiger partial charge in [-0.2, -0.15) is 0 Å². The van der Waals surface area contributed by atoms with Gasteiger partial charge in [-0.3, -0.25) is 19.7 Å². The summed E-state index contributed by atoms with van der Waals surface area (Å²) in [6.07, 6.45) is 0. The van der Waals surface area contributed by atoms with Gasteiger partial charge >= 0.3 is 0 Å². The molecule has 1 aliphatic heterocycles. The first-order chi connectivity index (χ1) is 14.7. The Labute approximate surface area is 181 Å². The zero-order valence-corrected chi connectivity index (χ0v) is 18.0. The topological polar surface area (TPSA) is 102 Å². The molecule has 0 radical (unpaired) electrons. The fourth-order valence-corrected chi connectivity index (χ4v) is 3.46. The first-order valence-electron chi connectivity index (χ1n) is 10.2. The minimum absolute atomic E-state index is 0.0369. The lowest BCUT2D eigenvalue weighted by Gasteiger charge is -2.26. The van der Waals surface area contributed by atoms with Crippen molar-refractivity contribution < 1.29 is 19.2 Å². The van der Waals surface area contributed by atoms with Crippen molar-refractivity contribution in [3.05, 3.63) is 74.8 Å². The first-order valence-corrected chi connectivity index (χ1v) is 10.2. The van der Waals surface area contributed by atoms with Gasteiger partial charge in [-0.15, -0.1) is 0 Å². The van der Waals surface area contributed by atoms with Crippen LogP contribution in [-0.4, -0.2) is 47.9 Å². The maximum absolute atomic E-state index is 12.5. The molecular weight excluding hydrogens is 398 g/mol. The summed E-state index contributed by atoms with van der Waals surface area (Å²) in [5.41, 5.74) is 1.76. The fraction of sp³-hybridized carbons (Fsp3) is 0.391. The van der Waals surface area contributed by atoms with Crippen molar-refractivity contribution in [2.45, 2.75) is 32.7 Å². The lowest BCUT2D eigenvalue weighted by molar-refractivity contribution is -0.386. The quantitative estimate of drug-likeness (QED) is 0.585. The number of nitro benzene ring substituents is 1. The third-order valence-corrected chi connectivity index (χ3v) is 5.22. The molecule has 1 aliphatic rings. The molecule has 2 amide bonds. The number of rotatable bonds is 5. The van der Waals surface area contributed by atoms with E-state index in [-0.39, 0.29) is 23.7 Å². The summed E-state index contributed by atoms with van der Waals surface area (Å²) in [5.74, 6) is -0.429. The highest BCUT2D eigenvalue weighted by atomic mass is 16.6. The molecule has 0 aliphatic carbocycles. The van der Waals surface area contributed by atoms with Gasteiger partial charge in [0.05, 0.1) is 18.1 Å². The van der Waals surface area contributed by atoms with Crippen molar-refractivity contribution in [2.75, 3.05) is 26.3 Å². The van der Waals surface area contributed by atoms with Gasteiger partial charge < -0.3 is 15.0 Å². The molecule has 8 heteroatoms. The summed E-state index contributed by atoms with van der Waals surface area (Å²) < 4.78 is 5.27. The predicted octanol–water partition coefficient (Wildman–Crippen LogP) is 3.29. The van der Waals surface area contributed by atoms with Crippen LogP contribution < -0.4 is 5.32 Å². The number of hydrogen-bond donors (Lipinski definition) is 1. The molecule has 1 heterocycles. The minimum Gasteiger partial charge on any atom is -0.378 e. The molecule has 0 spiro atoms. The second-order valence-electron chi connectivity index (χ2n) is 8.52. The Bertz CT molecular complexity index is 974. The number of hydrogen-bond acceptors (Lipinski definition) is 5. The SMILES string of the molecule is CC(C)(C)c1ccc(C(=O)NCc2ccc(C(=O)N3CCOCC3)cc2)cc1[N+](=O)[O-]. The van der Waals surface area contributed by atoms with Crippen molar-refractivity contribution in [2.24, 2.45) is 0 Å². The summed E-state index contributed by atoms with van der Waals surface area (Å²) in [7, 11) is 0. The number of carbonyl (C=O) groups is 2. The van der Waals surface area contributed by atoms with Gasteiger partial charge in [0.2, 0.25) is 0 Å². The molecule has 0 bridgehead atoms. The molecule has 2 aromatic carbocycles.